The van der Waals surface area contributed by atoms with Crippen LogP contribution in [0.2, 0.25) is 0 Å². The lowest BCUT2D eigenvalue weighted by molar-refractivity contribution is 0.470. The lowest BCUT2D eigenvalue weighted by Crippen LogP contribution is -2.26. The van der Waals surface area contributed by atoms with Crippen LogP contribution in [-0.4, -0.2) is 29.7 Å². The molecular weight excluding hydrogens is 306 g/mol. The number of nitrogens with one attached hydrogen (secondary N) is 1. The van der Waals surface area contributed by atoms with Gasteiger partial charge in [-0.25, -0.2) is 13.4 Å². The topological polar surface area (TPSA) is 83.1 Å². The molecule has 0 aliphatic heterocycles. The molecule has 0 radical (unpaired) electrons. The Morgan fingerprint density at radius 2 is 2.11 bits per heavy atom. The van der Waals surface area contributed by atoms with Crippen LogP contribution in [0.25, 0.3) is 0 Å². The number of rotatable bonds is 4. The van der Waals surface area contributed by atoms with Crippen molar-refractivity contribution in [3.8, 4) is 0 Å². The number of thiazole rings is 2. The minimum atomic E-state index is -3.64. The zero-order valence-electron chi connectivity index (χ0n) is 10.6. The largest absolute Gasteiger partial charge is 0.315 e. The standard InChI is InChI=1S/C10H13N3O3S3/c1-6-8(17-5-11-6)4-13(3)19(15,16)9-7(2)12-10(14)18-9/h5H,4H2,1-3H3,(H,12,14). The summed E-state index contributed by atoms with van der Waals surface area (Å²) in [5.74, 6) is 0. The minimum absolute atomic E-state index is 0.0715. The molecule has 0 spiro atoms. The van der Waals surface area contributed by atoms with Gasteiger partial charge < -0.3 is 4.98 Å². The maximum atomic E-state index is 12.4. The number of aromatic amines is 1. The van der Waals surface area contributed by atoms with Crippen molar-refractivity contribution in [2.75, 3.05) is 7.05 Å². The highest BCUT2D eigenvalue weighted by molar-refractivity contribution is 7.91. The van der Waals surface area contributed by atoms with E-state index < -0.39 is 10.0 Å². The van der Waals surface area contributed by atoms with Crippen molar-refractivity contribution in [3.63, 3.8) is 0 Å². The normalized spacial score (nSPS) is 12.2. The highest BCUT2D eigenvalue weighted by atomic mass is 32.2. The highest BCUT2D eigenvalue weighted by Gasteiger charge is 2.26. The van der Waals surface area contributed by atoms with Crippen LogP contribution in [-0.2, 0) is 16.6 Å². The van der Waals surface area contributed by atoms with Crippen LogP contribution in [0.3, 0.4) is 0 Å². The summed E-state index contributed by atoms with van der Waals surface area (Å²) in [4.78, 5) is 18.3. The van der Waals surface area contributed by atoms with Gasteiger partial charge in [0.2, 0.25) is 0 Å². The molecule has 2 heterocycles. The number of nitrogens with zero attached hydrogens (tertiary/aromatic N) is 2. The summed E-state index contributed by atoms with van der Waals surface area (Å²) in [6.07, 6.45) is 0. The Hall–Kier alpha value is -1.03. The van der Waals surface area contributed by atoms with Crippen molar-refractivity contribution in [3.05, 3.63) is 31.4 Å². The Bertz CT molecular complexity index is 741. The second-order valence-corrected chi connectivity index (χ2v) is 8.21. The molecule has 0 aliphatic carbocycles. The smallest absolute Gasteiger partial charge is 0.305 e. The van der Waals surface area contributed by atoms with E-state index in [0.717, 1.165) is 10.6 Å². The number of aromatic nitrogens is 2. The van der Waals surface area contributed by atoms with Crippen LogP contribution >= 0.6 is 22.7 Å². The molecule has 0 bridgehead atoms. The molecule has 2 aromatic rings. The molecule has 0 fully saturated rings. The summed E-state index contributed by atoms with van der Waals surface area (Å²) < 4.78 is 26.0. The van der Waals surface area contributed by atoms with Crippen LogP contribution in [0.1, 0.15) is 16.3 Å². The summed E-state index contributed by atoms with van der Waals surface area (Å²) >= 11 is 2.13. The van der Waals surface area contributed by atoms with Crippen molar-refractivity contribution in [1.82, 2.24) is 14.3 Å². The Morgan fingerprint density at radius 3 is 2.58 bits per heavy atom. The van der Waals surface area contributed by atoms with Gasteiger partial charge in [-0.15, -0.1) is 11.3 Å². The second-order valence-electron chi connectivity index (χ2n) is 4.05. The van der Waals surface area contributed by atoms with Crippen LogP contribution in [0.15, 0.2) is 14.5 Å². The molecule has 104 valence electrons. The molecule has 0 saturated heterocycles. The number of hydrogen-bond donors (Lipinski definition) is 1. The molecule has 1 N–H and O–H groups in total. The molecule has 19 heavy (non-hydrogen) atoms. The van der Waals surface area contributed by atoms with E-state index in [4.69, 9.17) is 0 Å². The molecule has 6 nitrogen and oxygen atoms in total. The first-order chi connectivity index (χ1) is 8.82. The molecular formula is C10H13N3O3S3. The fourth-order valence-electron chi connectivity index (χ4n) is 1.54. The summed E-state index contributed by atoms with van der Waals surface area (Å²) in [6.45, 7) is 3.67. The molecule has 9 heteroatoms. The van der Waals surface area contributed by atoms with Crippen LogP contribution in [0, 0.1) is 13.8 Å². The van der Waals surface area contributed by atoms with Gasteiger partial charge in [-0.05, 0) is 13.8 Å². The lowest BCUT2D eigenvalue weighted by atomic mass is 10.4. The quantitative estimate of drug-likeness (QED) is 0.921. The third kappa shape index (κ3) is 2.78. The van der Waals surface area contributed by atoms with E-state index in [1.165, 1.54) is 22.7 Å². The van der Waals surface area contributed by atoms with Gasteiger partial charge in [-0.2, -0.15) is 4.31 Å². The lowest BCUT2D eigenvalue weighted by Gasteiger charge is -2.15. The van der Waals surface area contributed by atoms with Gasteiger partial charge in [0.25, 0.3) is 10.0 Å². The molecule has 2 aromatic heterocycles. The number of hydrogen-bond acceptors (Lipinski definition) is 6. The molecule has 0 unspecified atom stereocenters. The van der Waals surface area contributed by atoms with E-state index >= 15 is 0 Å². The highest BCUT2D eigenvalue weighted by Crippen LogP contribution is 2.23. The van der Waals surface area contributed by atoms with Gasteiger partial charge in [0, 0.05) is 24.2 Å². The summed E-state index contributed by atoms with van der Waals surface area (Å²) in [6, 6.07) is 0. The molecule has 2 rings (SSSR count). The summed E-state index contributed by atoms with van der Waals surface area (Å²) in [5.41, 5.74) is 2.89. The Morgan fingerprint density at radius 1 is 1.42 bits per heavy atom. The van der Waals surface area contributed by atoms with E-state index in [1.54, 1.807) is 12.4 Å². The van der Waals surface area contributed by atoms with Crippen molar-refractivity contribution in [2.45, 2.75) is 24.6 Å². The Balaban J connectivity index is 2.32. The second kappa shape index (κ2) is 5.16. The Labute approximate surface area is 118 Å². The van der Waals surface area contributed by atoms with E-state index in [-0.39, 0.29) is 15.6 Å². The average molecular weight is 319 g/mol. The van der Waals surface area contributed by atoms with Gasteiger partial charge in [-0.1, -0.05) is 11.3 Å². The molecule has 0 saturated carbocycles. The van der Waals surface area contributed by atoms with Crippen molar-refractivity contribution in [1.29, 1.82) is 0 Å². The number of sulfonamides is 1. The zero-order valence-corrected chi connectivity index (χ0v) is 13.1. The third-order valence-corrected chi connectivity index (χ3v) is 6.94. The van der Waals surface area contributed by atoms with E-state index in [1.807, 2.05) is 6.92 Å². The molecule has 0 amide bonds. The van der Waals surface area contributed by atoms with E-state index in [9.17, 15) is 13.2 Å². The summed E-state index contributed by atoms with van der Waals surface area (Å²) in [5, 5.41) is 0. The van der Waals surface area contributed by atoms with Crippen molar-refractivity contribution >= 4 is 32.7 Å². The fourth-order valence-corrected chi connectivity index (χ4v) is 5.08. The minimum Gasteiger partial charge on any atom is -0.315 e. The monoisotopic (exact) mass is 319 g/mol. The molecule has 0 aromatic carbocycles. The number of H-pyrrole nitrogens is 1. The average Bonchev–Trinajstić information content (AvgIpc) is 2.86. The predicted molar refractivity (Wildman–Crippen MR) is 75.2 cm³/mol. The first-order valence-electron chi connectivity index (χ1n) is 5.37. The van der Waals surface area contributed by atoms with Crippen molar-refractivity contribution < 1.29 is 8.42 Å². The first-order valence-corrected chi connectivity index (χ1v) is 8.51. The summed E-state index contributed by atoms with van der Waals surface area (Å²) in [7, 11) is -2.14. The van der Waals surface area contributed by atoms with Gasteiger partial charge in [-0.3, -0.25) is 4.79 Å². The van der Waals surface area contributed by atoms with Gasteiger partial charge in [0.05, 0.1) is 11.2 Å². The van der Waals surface area contributed by atoms with Crippen LogP contribution in [0.5, 0.6) is 0 Å². The SMILES string of the molecule is Cc1ncsc1CN(C)S(=O)(=O)c1sc(=O)[nH]c1C. The maximum absolute atomic E-state index is 12.4. The third-order valence-electron chi connectivity index (χ3n) is 2.64. The van der Waals surface area contributed by atoms with Gasteiger partial charge >= 0.3 is 4.87 Å². The maximum Gasteiger partial charge on any atom is 0.305 e. The Kier molecular flexibility index (Phi) is 3.90. The zero-order chi connectivity index (χ0) is 14.2. The van der Waals surface area contributed by atoms with Gasteiger partial charge in [0.15, 0.2) is 4.21 Å². The van der Waals surface area contributed by atoms with Crippen LogP contribution < -0.4 is 4.87 Å². The molecule has 0 atom stereocenters. The van der Waals surface area contributed by atoms with E-state index in [2.05, 4.69) is 9.97 Å². The number of aryl methyl sites for hydroxylation is 2. The van der Waals surface area contributed by atoms with Gasteiger partial charge in [0.1, 0.15) is 0 Å². The predicted octanol–water partition coefficient (Wildman–Crippen LogP) is 1.33. The van der Waals surface area contributed by atoms with Crippen molar-refractivity contribution in [2.24, 2.45) is 0 Å². The fraction of sp³-hybridized carbons (Fsp3) is 0.400. The van der Waals surface area contributed by atoms with Crippen LogP contribution in [0.4, 0.5) is 0 Å². The van der Waals surface area contributed by atoms with E-state index in [0.29, 0.717) is 17.0 Å². The molecule has 0 aliphatic rings. The first kappa shape index (κ1) is 14.4.